The van der Waals surface area contributed by atoms with Crippen molar-refractivity contribution in [2.24, 2.45) is 0 Å². The second-order valence-electron chi connectivity index (χ2n) is 5.66. The Labute approximate surface area is 137 Å². The molecule has 1 aromatic heterocycles. The highest BCUT2D eigenvalue weighted by Gasteiger charge is 2.21. The lowest BCUT2D eigenvalue weighted by atomic mass is 10.1. The molecule has 0 N–H and O–H groups in total. The molecule has 1 fully saturated rings. The minimum atomic E-state index is -0.0898. The summed E-state index contributed by atoms with van der Waals surface area (Å²) < 4.78 is 5.26. The number of amides is 2. The van der Waals surface area contributed by atoms with Crippen molar-refractivity contribution in [3.63, 3.8) is 0 Å². The summed E-state index contributed by atoms with van der Waals surface area (Å²) in [4.78, 5) is 32.8. The van der Waals surface area contributed by atoms with Crippen LogP contribution in [0.3, 0.4) is 0 Å². The van der Waals surface area contributed by atoms with Crippen molar-refractivity contribution in [1.29, 1.82) is 0 Å². The van der Waals surface area contributed by atoms with Crippen LogP contribution in [0.4, 0.5) is 0 Å². The van der Waals surface area contributed by atoms with E-state index in [1.807, 2.05) is 18.7 Å². The van der Waals surface area contributed by atoms with Gasteiger partial charge in [-0.2, -0.15) is 0 Å². The molecule has 1 aliphatic rings. The van der Waals surface area contributed by atoms with Gasteiger partial charge in [-0.15, -0.1) is 0 Å². The van der Waals surface area contributed by atoms with Gasteiger partial charge in [-0.25, -0.2) is 0 Å². The zero-order valence-corrected chi connectivity index (χ0v) is 14.0. The van der Waals surface area contributed by atoms with Crippen molar-refractivity contribution < 1.29 is 14.3 Å². The number of ether oxygens (including phenoxy) is 1. The highest BCUT2D eigenvalue weighted by molar-refractivity contribution is 5.99. The van der Waals surface area contributed by atoms with Gasteiger partial charge in [-0.3, -0.25) is 14.6 Å². The molecule has 0 spiro atoms. The minimum Gasteiger partial charge on any atom is -0.378 e. The molecule has 1 saturated heterocycles. The van der Waals surface area contributed by atoms with E-state index < -0.39 is 0 Å². The molecule has 126 valence electrons. The Bertz CT molecular complexity index is 536. The van der Waals surface area contributed by atoms with E-state index in [4.69, 9.17) is 4.74 Å². The molecule has 2 heterocycles. The van der Waals surface area contributed by atoms with Gasteiger partial charge in [0.05, 0.1) is 24.3 Å². The summed E-state index contributed by atoms with van der Waals surface area (Å²) in [6.07, 6.45) is 4.88. The molecule has 0 radical (unpaired) electrons. The van der Waals surface area contributed by atoms with E-state index in [0.29, 0.717) is 50.5 Å². The Kier molecular flexibility index (Phi) is 6.52. The van der Waals surface area contributed by atoms with Crippen molar-refractivity contribution >= 4 is 11.8 Å². The first-order valence-electron chi connectivity index (χ1n) is 8.28. The Hall–Kier alpha value is -1.95. The Morgan fingerprint density at radius 1 is 1.13 bits per heavy atom. The average Bonchev–Trinajstić information content (AvgIpc) is 2.61. The van der Waals surface area contributed by atoms with Gasteiger partial charge in [0.1, 0.15) is 0 Å². The third kappa shape index (κ3) is 4.51. The number of morpholine rings is 1. The van der Waals surface area contributed by atoms with Crippen molar-refractivity contribution in [1.82, 2.24) is 14.8 Å². The monoisotopic (exact) mass is 319 g/mol. The number of pyridine rings is 1. The Morgan fingerprint density at radius 3 is 2.35 bits per heavy atom. The van der Waals surface area contributed by atoms with Crippen molar-refractivity contribution in [3.05, 3.63) is 29.6 Å². The average molecular weight is 319 g/mol. The molecule has 6 nitrogen and oxygen atoms in total. The van der Waals surface area contributed by atoms with Crippen molar-refractivity contribution in [2.45, 2.75) is 26.7 Å². The fraction of sp³-hybridized carbons (Fsp3) is 0.588. The van der Waals surface area contributed by atoms with Gasteiger partial charge in [-0.05, 0) is 18.9 Å². The summed E-state index contributed by atoms with van der Waals surface area (Å²) in [6.45, 7) is 7.79. The number of rotatable bonds is 6. The Morgan fingerprint density at radius 2 is 1.74 bits per heavy atom. The predicted molar refractivity (Wildman–Crippen MR) is 87.4 cm³/mol. The van der Waals surface area contributed by atoms with E-state index in [2.05, 4.69) is 4.98 Å². The minimum absolute atomic E-state index is 0.0576. The van der Waals surface area contributed by atoms with E-state index >= 15 is 0 Å². The fourth-order valence-electron chi connectivity index (χ4n) is 2.66. The number of carbonyl (C=O) groups is 2. The van der Waals surface area contributed by atoms with E-state index in [1.165, 1.54) is 12.4 Å². The first-order valence-corrected chi connectivity index (χ1v) is 8.28. The van der Waals surface area contributed by atoms with Crippen LogP contribution in [0.2, 0.25) is 0 Å². The molecular weight excluding hydrogens is 294 g/mol. The maximum Gasteiger partial charge on any atom is 0.255 e. The molecule has 1 aromatic rings. The summed E-state index contributed by atoms with van der Waals surface area (Å²) in [5, 5.41) is 0. The number of hydrogen-bond acceptors (Lipinski definition) is 4. The summed E-state index contributed by atoms with van der Waals surface area (Å²) in [5.74, 6) is -0.147. The number of aromatic nitrogens is 1. The molecule has 2 amide bonds. The normalized spacial score (nSPS) is 14.6. The molecule has 1 aliphatic heterocycles. The highest BCUT2D eigenvalue weighted by atomic mass is 16.5. The van der Waals surface area contributed by atoms with Crippen LogP contribution in [0, 0.1) is 0 Å². The smallest absolute Gasteiger partial charge is 0.255 e. The lowest BCUT2D eigenvalue weighted by molar-refractivity contribution is 0.0302. The van der Waals surface area contributed by atoms with Gasteiger partial charge >= 0.3 is 0 Å². The number of hydrogen-bond donors (Lipinski definition) is 0. The molecule has 0 bridgehead atoms. The second-order valence-corrected chi connectivity index (χ2v) is 5.66. The first-order chi connectivity index (χ1) is 11.2. The lowest BCUT2D eigenvalue weighted by Gasteiger charge is -2.27. The highest BCUT2D eigenvalue weighted by Crippen LogP contribution is 2.11. The van der Waals surface area contributed by atoms with E-state index in [0.717, 1.165) is 12.8 Å². The molecule has 2 rings (SSSR count). The van der Waals surface area contributed by atoms with Crippen LogP contribution in [0.5, 0.6) is 0 Å². The van der Waals surface area contributed by atoms with Crippen LogP contribution in [-0.4, -0.2) is 66.0 Å². The van der Waals surface area contributed by atoms with Crippen LogP contribution < -0.4 is 0 Å². The van der Waals surface area contributed by atoms with Gasteiger partial charge < -0.3 is 14.5 Å². The van der Waals surface area contributed by atoms with Crippen LogP contribution in [0.15, 0.2) is 18.5 Å². The molecule has 0 atom stereocenters. The third-order valence-corrected chi connectivity index (χ3v) is 3.80. The number of nitrogens with zero attached hydrogens (tertiary/aromatic N) is 3. The van der Waals surface area contributed by atoms with Gasteiger partial charge in [-0.1, -0.05) is 13.8 Å². The van der Waals surface area contributed by atoms with E-state index in [9.17, 15) is 9.59 Å². The van der Waals surface area contributed by atoms with Gasteiger partial charge in [0.2, 0.25) is 0 Å². The summed E-state index contributed by atoms with van der Waals surface area (Å²) in [5.41, 5.74) is 0.941. The van der Waals surface area contributed by atoms with Crippen LogP contribution >= 0.6 is 0 Å². The maximum atomic E-state index is 12.6. The first kappa shape index (κ1) is 17.4. The zero-order valence-electron chi connectivity index (χ0n) is 14.0. The molecule has 23 heavy (non-hydrogen) atoms. The fourth-order valence-corrected chi connectivity index (χ4v) is 2.66. The quantitative estimate of drug-likeness (QED) is 0.802. The summed E-state index contributed by atoms with van der Waals surface area (Å²) in [6, 6.07) is 1.66. The lowest BCUT2D eigenvalue weighted by Crippen LogP contribution is -2.40. The maximum absolute atomic E-state index is 12.6. The van der Waals surface area contributed by atoms with E-state index in [-0.39, 0.29) is 11.8 Å². The summed E-state index contributed by atoms with van der Waals surface area (Å²) >= 11 is 0. The molecule has 6 heteroatoms. The SMILES string of the molecule is CCCN(CCC)C(=O)c1cncc(C(=O)N2CCOCC2)c1. The van der Waals surface area contributed by atoms with Gasteiger partial charge in [0.15, 0.2) is 0 Å². The predicted octanol–water partition coefficient (Wildman–Crippen LogP) is 1.82. The summed E-state index contributed by atoms with van der Waals surface area (Å²) in [7, 11) is 0. The second kappa shape index (κ2) is 8.62. The zero-order chi connectivity index (χ0) is 16.7. The Balaban J connectivity index is 2.14. The topological polar surface area (TPSA) is 62.7 Å². The van der Waals surface area contributed by atoms with Gasteiger partial charge in [0, 0.05) is 38.6 Å². The third-order valence-electron chi connectivity index (χ3n) is 3.80. The van der Waals surface area contributed by atoms with Crippen molar-refractivity contribution in [2.75, 3.05) is 39.4 Å². The molecular formula is C17H25N3O3. The van der Waals surface area contributed by atoms with Crippen LogP contribution in [0.1, 0.15) is 47.4 Å². The molecule has 0 saturated carbocycles. The standard InChI is InChI=1S/C17H25N3O3/c1-3-5-19(6-4-2)16(21)14-11-15(13-18-12-14)17(22)20-7-9-23-10-8-20/h11-13H,3-10H2,1-2H3. The van der Waals surface area contributed by atoms with Crippen LogP contribution in [-0.2, 0) is 4.74 Å². The van der Waals surface area contributed by atoms with Crippen molar-refractivity contribution in [3.8, 4) is 0 Å². The van der Waals surface area contributed by atoms with Gasteiger partial charge in [0.25, 0.3) is 11.8 Å². The molecule has 0 unspecified atom stereocenters. The van der Waals surface area contributed by atoms with E-state index in [1.54, 1.807) is 11.0 Å². The van der Waals surface area contributed by atoms with Crippen LogP contribution in [0.25, 0.3) is 0 Å². The number of carbonyl (C=O) groups excluding carboxylic acids is 2. The molecule has 0 aliphatic carbocycles. The largest absolute Gasteiger partial charge is 0.378 e. The molecule has 0 aromatic carbocycles.